The van der Waals surface area contributed by atoms with Gasteiger partial charge in [0, 0.05) is 0 Å². The molecule has 0 saturated heterocycles. The molecule has 1 heterocycles. The number of hydrogen-bond donors (Lipinski definition) is 1. The Morgan fingerprint density at radius 2 is 1.86 bits per heavy atom. The molecule has 3 rings (SSSR count). The van der Waals surface area contributed by atoms with Gasteiger partial charge in [-0.2, -0.15) is 0 Å². The molecule has 0 radical (unpaired) electrons. The first-order valence-corrected chi connectivity index (χ1v) is 9.54. The summed E-state index contributed by atoms with van der Waals surface area (Å²) in [7, 11) is 1.48. The Balaban J connectivity index is 1.57. The number of rotatable bonds is 7. The summed E-state index contributed by atoms with van der Waals surface area (Å²) in [4.78, 5) is 24.6. The molecule has 0 fully saturated rings. The second-order valence-electron chi connectivity index (χ2n) is 6.66. The van der Waals surface area contributed by atoms with Crippen LogP contribution in [-0.4, -0.2) is 38.8 Å². The van der Waals surface area contributed by atoms with E-state index in [1.165, 1.54) is 24.8 Å². The van der Waals surface area contributed by atoms with Gasteiger partial charge in [-0.05, 0) is 36.6 Å². The molecule has 2 aromatic rings. The first-order valence-electron chi connectivity index (χ1n) is 9.54. The fourth-order valence-electron chi connectivity index (χ4n) is 3.01. The Morgan fingerprint density at radius 1 is 1.14 bits per heavy atom. The quantitative estimate of drug-likeness (QED) is 0.721. The van der Waals surface area contributed by atoms with Gasteiger partial charge >= 0.3 is 5.97 Å². The number of nitrogens with one attached hydrogen (secondary N) is 1. The number of esters is 1. The topological polar surface area (TPSA) is 83.1 Å². The molecular weight excluding hydrogens is 374 g/mol. The Morgan fingerprint density at radius 3 is 2.55 bits per heavy atom. The maximum absolute atomic E-state index is 12.4. The van der Waals surface area contributed by atoms with Crippen LogP contribution in [-0.2, 0) is 16.0 Å². The van der Waals surface area contributed by atoms with Crippen molar-refractivity contribution in [3.8, 4) is 17.2 Å². The van der Waals surface area contributed by atoms with Gasteiger partial charge in [-0.1, -0.05) is 31.2 Å². The highest BCUT2D eigenvalue weighted by Gasteiger charge is 2.22. The number of amides is 1. The third kappa shape index (κ3) is 4.99. The number of carbonyl (C=O) groups is 2. The highest BCUT2D eigenvalue weighted by Crippen LogP contribution is 2.40. The zero-order valence-corrected chi connectivity index (χ0v) is 16.8. The number of benzene rings is 2. The predicted molar refractivity (Wildman–Crippen MR) is 107 cm³/mol. The van der Waals surface area contributed by atoms with Gasteiger partial charge < -0.3 is 24.3 Å². The Kier molecular flexibility index (Phi) is 6.59. The van der Waals surface area contributed by atoms with Crippen molar-refractivity contribution in [2.75, 3.05) is 26.9 Å². The van der Waals surface area contributed by atoms with E-state index in [0.29, 0.717) is 30.5 Å². The second-order valence-corrected chi connectivity index (χ2v) is 6.66. The van der Waals surface area contributed by atoms with Crippen LogP contribution >= 0.6 is 0 Å². The summed E-state index contributed by atoms with van der Waals surface area (Å²) in [5, 5.41) is 2.83. The zero-order chi connectivity index (χ0) is 20.8. The van der Waals surface area contributed by atoms with Crippen LogP contribution in [0.2, 0.25) is 0 Å². The summed E-state index contributed by atoms with van der Waals surface area (Å²) in [6, 6.07) is 10.9. The molecule has 2 aromatic carbocycles. The van der Waals surface area contributed by atoms with Gasteiger partial charge in [0.1, 0.15) is 13.2 Å². The Bertz CT molecular complexity index is 860. The number of methoxy groups -OCH3 is 1. The minimum Gasteiger partial charge on any atom is -0.493 e. The van der Waals surface area contributed by atoms with E-state index < -0.39 is 5.97 Å². The summed E-state index contributed by atoms with van der Waals surface area (Å²) < 4.78 is 21.4. The van der Waals surface area contributed by atoms with Crippen LogP contribution in [0.5, 0.6) is 17.2 Å². The van der Waals surface area contributed by atoms with E-state index in [0.717, 1.165) is 12.0 Å². The molecule has 29 heavy (non-hydrogen) atoms. The molecule has 0 spiro atoms. The normalized spacial score (nSPS) is 13.3. The Labute approximate surface area is 169 Å². The molecule has 154 valence electrons. The average molecular weight is 399 g/mol. The number of hydrogen-bond acceptors (Lipinski definition) is 6. The predicted octanol–water partition coefficient (Wildman–Crippen LogP) is 3.06. The van der Waals surface area contributed by atoms with Crippen molar-refractivity contribution >= 4 is 11.9 Å². The number of ether oxygens (including phenoxy) is 4. The van der Waals surface area contributed by atoms with E-state index in [1.807, 2.05) is 31.2 Å². The van der Waals surface area contributed by atoms with Gasteiger partial charge in [0.25, 0.3) is 5.91 Å². The fourth-order valence-corrected chi connectivity index (χ4v) is 3.01. The van der Waals surface area contributed by atoms with Gasteiger partial charge in [-0.25, -0.2) is 4.79 Å². The lowest BCUT2D eigenvalue weighted by molar-refractivity contribution is -0.124. The van der Waals surface area contributed by atoms with Crippen molar-refractivity contribution in [1.82, 2.24) is 5.32 Å². The SMILES string of the molecule is CCc1ccc([C@@H](C)NC(=O)COC(=O)c2cc(OC)c3c(c2)OCCO3)cc1. The van der Waals surface area contributed by atoms with E-state index in [-0.39, 0.29) is 24.1 Å². The first-order chi connectivity index (χ1) is 14.0. The van der Waals surface area contributed by atoms with Crippen molar-refractivity contribution in [3.05, 3.63) is 53.1 Å². The summed E-state index contributed by atoms with van der Waals surface area (Å²) >= 11 is 0. The lowest BCUT2D eigenvalue weighted by atomic mass is 10.1. The highest BCUT2D eigenvalue weighted by molar-refractivity contribution is 5.93. The van der Waals surface area contributed by atoms with Crippen LogP contribution < -0.4 is 19.5 Å². The summed E-state index contributed by atoms with van der Waals surface area (Å²) in [5.74, 6) is 0.222. The monoisotopic (exact) mass is 399 g/mol. The van der Waals surface area contributed by atoms with Crippen molar-refractivity contribution < 1.29 is 28.5 Å². The summed E-state index contributed by atoms with van der Waals surface area (Å²) in [6.07, 6.45) is 0.960. The van der Waals surface area contributed by atoms with Crippen molar-refractivity contribution in [2.45, 2.75) is 26.3 Å². The standard InChI is InChI=1S/C22H25NO6/c1-4-15-5-7-16(8-6-15)14(2)23-20(24)13-29-22(25)17-11-18(26-3)21-19(12-17)27-9-10-28-21/h5-8,11-12,14H,4,9-10,13H2,1-3H3,(H,23,24)/t14-/m1/s1. The third-order valence-electron chi connectivity index (χ3n) is 4.66. The van der Waals surface area contributed by atoms with E-state index in [1.54, 1.807) is 0 Å². The fraction of sp³-hybridized carbons (Fsp3) is 0.364. The summed E-state index contributed by atoms with van der Waals surface area (Å²) in [5.41, 5.74) is 2.44. The first kappa shape index (κ1) is 20.5. The van der Waals surface area contributed by atoms with Gasteiger partial charge in [-0.15, -0.1) is 0 Å². The zero-order valence-electron chi connectivity index (χ0n) is 16.8. The Hall–Kier alpha value is -3.22. The van der Waals surface area contributed by atoms with E-state index in [2.05, 4.69) is 12.2 Å². The molecule has 1 aliphatic rings. The largest absolute Gasteiger partial charge is 0.493 e. The van der Waals surface area contributed by atoms with E-state index in [4.69, 9.17) is 18.9 Å². The average Bonchev–Trinajstić information content (AvgIpc) is 2.76. The maximum Gasteiger partial charge on any atom is 0.338 e. The molecule has 0 bridgehead atoms. The second kappa shape index (κ2) is 9.32. The van der Waals surface area contributed by atoms with Crippen molar-refractivity contribution in [2.24, 2.45) is 0 Å². The highest BCUT2D eigenvalue weighted by atomic mass is 16.6. The van der Waals surface area contributed by atoms with Crippen molar-refractivity contribution in [1.29, 1.82) is 0 Å². The lowest BCUT2D eigenvalue weighted by Crippen LogP contribution is -2.31. The smallest absolute Gasteiger partial charge is 0.338 e. The summed E-state index contributed by atoms with van der Waals surface area (Å²) in [6.45, 7) is 4.38. The van der Waals surface area contributed by atoms with Gasteiger partial charge in [-0.3, -0.25) is 4.79 Å². The maximum atomic E-state index is 12.4. The molecule has 7 heteroatoms. The van der Waals surface area contributed by atoms with E-state index >= 15 is 0 Å². The minimum atomic E-state index is -0.643. The molecule has 0 saturated carbocycles. The third-order valence-corrected chi connectivity index (χ3v) is 4.66. The molecule has 0 unspecified atom stereocenters. The van der Waals surface area contributed by atoms with Crippen molar-refractivity contribution in [3.63, 3.8) is 0 Å². The molecular formula is C22H25NO6. The molecule has 1 amide bonds. The molecule has 1 N–H and O–H groups in total. The van der Waals surface area contributed by atoms with Crippen LogP contribution in [0.25, 0.3) is 0 Å². The van der Waals surface area contributed by atoms with Crippen LogP contribution in [0.15, 0.2) is 36.4 Å². The van der Waals surface area contributed by atoms with Crippen LogP contribution in [0.1, 0.15) is 41.4 Å². The van der Waals surface area contributed by atoms with E-state index in [9.17, 15) is 9.59 Å². The lowest BCUT2D eigenvalue weighted by Gasteiger charge is -2.21. The number of fused-ring (bicyclic) bond motifs is 1. The van der Waals surface area contributed by atoms with Gasteiger partial charge in [0.05, 0.1) is 18.7 Å². The molecule has 0 aromatic heterocycles. The van der Waals surface area contributed by atoms with Crippen LogP contribution in [0.4, 0.5) is 0 Å². The van der Waals surface area contributed by atoms with Crippen LogP contribution in [0.3, 0.4) is 0 Å². The van der Waals surface area contributed by atoms with Gasteiger partial charge in [0.2, 0.25) is 5.75 Å². The number of aryl methyl sites for hydroxylation is 1. The molecule has 0 aliphatic carbocycles. The minimum absolute atomic E-state index is 0.193. The number of carbonyl (C=O) groups excluding carboxylic acids is 2. The van der Waals surface area contributed by atoms with Crippen LogP contribution in [0, 0.1) is 0 Å². The molecule has 1 aliphatic heterocycles. The molecule has 1 atom stereocenters. The van der Waals surface area contributed by atoms with Gasteiger partial charge in [0.15, 0.2) is 18.1 Å². The molecule has 7 nitrogen and oxygen atoms in total.